The number of benzene rings is 1. The number of amides is 1. The number of para-hydroxylation sites is 1. The summed E-state index contributed by atoms with van der Waals surface area (Å²) in [5, 5.41) is 0.653. The molecule has 7 heteroatoms. The molecule has 1 aromatic carbocycles. The lowest BCUT2D eigenvalue weighted by Crippen LogP contribution is -2.55. The number of piperazine rings is 1. The SMILES string of the molecule is CCC(c1nc2ccccc2c(=O)n1CC)N1CCN(C(=O)c2ccco2)C(C)C1. The molecule has 1 saturated heterocycles. The lowest BCUT2D eigenvalue weighted by Gasteiger charge is -2.42. The Morgan fingerprint density at radius 2 is 2.00 bits per heavy atom. The van der Waals surface area contributed by atoms with E-state index in [-0.39, 0.29) is 23.6 Å². The van der Waals surface area contributed by atoms with E-state index in [1.807, 2.05) is 36.1 Å². The van der Waals surface area contributed by atoms with Gasteiger partial charge in [-0.2, -0.15) is 0 Å². The molecule has 1 aliphatic rings. The first-order chi connectivity index (χ1) is 14.5. The van der Waals surface area contributed by atoms with Crippen molar-refractivity contribution in [2.45, 2.75) is 45.8 Å². The fraction of sp³-hybridized carbons (Fsp3) is 0.435. The van der Waals surface area contributed by atoms with Gasteiger partial charge in [-0.05, 0) is 44.5 Å². The highest BCUT2D eigenvalue weighted by Gasteiger charge is 2.34. The number of hydrogen-bond acceptors (Lipinski definition) is 5. The Hall–Kier alpha value is -2.93. The zero-order valence-corrected chi connectivity index (χ0v) is 17.7. The van der Waals surface area contributed by atoms with Crippen molar-refractivity contribution in [3.05, 3.63) is 64.6 Å². The average molecular weight is 409 g/mol. The van der Waals surface area contributed by atoms with Gasteiger partial charge in [-0.25, -0.2) is 4.98 Å². The van der Waals surface area contributed by atoms with Gasteiger partial charge >= 0.3 is 0 Å². The van der Waals surface area contributed by atoms with Crippen molar-refractivity contribution in [3.8, 4) is 0 Å². The van der Waals surface area contributed by atoms with Crippen molar-refractivity contribution in [1.29, 1.82) is 0 Å². The van der Waals surface area contributed by atoms with Crippen LogP contribution < -0.4 is 5.56 Å². The second-order valence-corrected chi connectivity index (χ2v) is 7.78. The Morgan fingerprint density at radius 3 is 2.67 bits per heavy atom. The molecule has 7 nitrogen and oxygen atoms in total. The molecule has 4 rings (SSSR count). The molecule has 3 aromatic rings. The van der Waals surface area contributed by atoms with Crippen LogP contribution in [0, 0.1) is 0 Å². The maximum absolute atomic E-state index is 13.1. The smallest absolute Gasteiger partial charge is 0.289 e. The summed E-state index contributed by atoms with van der Waals surface area (Å²) in [5.41, 5.74) is 0.747. The first-order valence-corrected chi connectivity index (χ1v) is 10.6. The van der Waals surface area contributed by atoms with E-state index in [2.05, 4.69) is 18.7 Å². The van der Waals surface area contributed by atoms with Crippen molar-refractivity contribution in [1.82, 2.24) is 19.4 Å². The molecule has 0 bridgehead atoms. The monoisotopic (exact) mass is 408 g/mol. The van der Waals surface area contributed by atoms with Gasteiger partial charge in [0.25, 0.3) is 11.5 Å². The number of furan rings is 1. The summed E-state index contributed by atoms with van der Waals surface area (Å²) in [4.78, 5) is 34.9. The molecule has 158 valence electrons. The van der Waals surface area contributed by atoms with E-state index in [9.17, 15) is 9.59 Å². The van der Waals surface area contributed by atoms with Crippen LogP contribution in [-0.4, -0.2) is 50.9 Å². The maximum Gasteiger partial charge on any atom is 0.289 e. The summed E-state index contributed by atoms with van der Waals surface area (Å²) in [6.07, 6.45) is 2.36. The minimum Gasteiger partial charge on any atom is -0.459 e. The predicted molar refractivity (Wildman–Crippen MR) is 115 cm³/mol. The molecule has 2 atom stereocenters. The predicted octanol–water partition coefficient (Wildman–Crippen LogP) is 3.31. The van der Waals surface area contributed by atoms with Gasteiger partial charge in [0.05, 0.1) is 23.2 Å². The molecular weight excluding hydrogens is 380 g/mol. The first-order valence-electron chi connectivity index (χ1n) is 10.6. The van der Waals surface area contributed by atoms with Gasteiger partial charge in [-0.15, -0.1) is 0 Å². The summed E-state index contributed by atoms with van der Waals surface area (Å²) in [6, 6.07) is 11.0. The summed E-state index contributed by atoms with van der Waals surface area (Å²) in [5.74, 6) is 1.11. The zero-order chi connectivity index (χ0) is 21.3. The standard InChI is InChI=1S/C23H28N4O3/c1-4-19(21-24-18-10-7-6-9-17(18)22(28)26(21)5-2)25-12-13-27(16(3)15-25)23(29)20-11-8-14-30-20/h6-11,14,16,19H,4-5,12-13,15H2,1-3H3. The molecule has 0 N–H and O–H groups in total. The maximum atomic E-state index is 13.1. The second-order valence-electron chi connectivity index (χ2n) is 7.78. The second kappa shape index (κ2) is 8.44. The number of carbonyl (C=O) groups is 1. The largest absolute Gasteiger partial charge is 0.459 e. The summed E-state index contributed by atoms with van der Waals surface area (Å²) in [6.45, 7) is 8.80. The number of hydrogen-bond donors (Lipinski definition) is 0. The highest BCUT2D eigenvalue weighted by molar-refractivity contribution is 5.91. The van der Waals surface area contributed by atoms with Crippen LogP contribution in [0.5, 0.6) is 0 Å². The Balaban J connectivity index is 1.62. The van der Waals surface area contributed by atoms with Crippen LogP contribution in [0.3, 0.4) is 0 Å². The van der Waals surface area contributed by atoms with E-state index in [0.29, 0.717) is 24.2 Å². The lowest BCUT2D eigenvalue weighted by atomic mass is 10.1. The van der Waals surface area contributed by atoms with Crippen molar-refractivity contribution in [2.75, 3.05) is 19.6 Å². The molecular formula is C23H28N4O3. The van der Waals surface area contributed by atoms with E-state index in [1.54, 1.807) is 16.7 Å². The minimum atomic E-state index is -0.0745. The topological polar surface area (TPSA) is 71.6 Å². The Labute approximate surface area is 175 Å². The van der Waals surface area contributed by atoms with Gasteiger partial charge in [-0.3, -0.25) is 19.1 Å². The van der Waals surface area contributed by atoms with Crippen molar-refractivity contribution >= 4 is 16.8 Å². The third-order valence-corrected chi connectivity index (χ3v) is 5.98. The highest BCUT2D eigenvalue weighted by atomic mass is 16.3. The van der Waals surface area contributed by atoms with Gasteiger partial charge in [0.1, 0.15) is 5.82 Å². The van der Waals surface area contributed by atoms with Gasteiger partial charge < -0.3 is 9.32 Å². The summed E-state index contributed by atoms with van der Waals surface area (Å²) >= 11 is 0. The number of aromatic nitrogens is 2. The molecule has 0 saturated carbocycles. The van der Waals surface area contributed by atoms with E-state index < -0.39 is 0 Å². The van der Waals surface area contributed by atoms with Crippen molar-refractivity contribution < 1.29 is 9.21 Å². The molecule has 0 spiro atoms. The summed E-state index contributed by atoms with van der Waals surface area (Å²) < 4.78 is 7.09. The fourth-order valence-electron chi connectivity index (χ4n) is 4.46. The van der Waals surface area contributed by atoms with Crippen LogP contribution >= 0.6 is 0 Å². The van der Waals surface area contributed by atoms with Gasteiger partial charge in [-0.1, -0.05) is 19.1 Å². The number of carbonyl (C=O) groups excluding carboxylic acids is 1. The molecule has 1 fully saturated rings. The van der Waals surface area contributed by atoms with E-state index in [0.717, 1.165) is 30.9 Å². The van der Waals surface area contributed by atoms with Gasteiger partial charge in [0.15, 0.2) is 5.76 Å². The highest BCUT2D eigenvalue weighted by Crippen LogP contribution is 2.27. The van der Waals surface area contributed by atoms with Crippen LogP contribution in [0.25, 0.3) is 10.9 Å². The van der Waals surface area contributed by atoms with Crippen LogP contribution in [0.2, 0.25) is 0 Å². The van der Waals surface area contributed by atoms with Crippen molar-refractivity contribution in [3.63, 3.8) is 0 Å². The Morgan fingerprint density at radius 1 is 1.20 bits per heavy atom. The molecule has 1 amide bonds. The van der Waals surface area contributed by atoms with E-state index in [1.165, 1.54) is 6.26 Å². The van der Waals surface area contributed by atoms with E-state index in [4.69, 9.17) is 9.40 Å². The quantitative estimate of drug-likeness (QED) is 0.648. The number of rotatable bonds is 5. The first kappa shape index (κ1) is 20.3. The molecule has 2 aromatic heterocycles. The Kier molecular flexibility index (Phi) is 5.72. The third-order valence-electron chi connectivity index (χ3n) is 5.98. The van der Waals surface area contributed by atoms with Crippen LogP contribution in [0.1, 0.15) is 49.6 Å². The van der Waals surface area contributed by atoms with E-state index >= 15 is 0 Å². The molecule has 30 heavy (non-hydrogen) atoms. The number of nitrogens with zero attached hydrogens (tertiary/aromatic N) is 4. The fourth-order valence-corrected chi connectivity index (χ4v) is 4.46. The summed E-state index contributed by atoms with van der Waals surface area (Å²) in [7, 11) is 0. The van der Waals surface area contributed by atoms with Crippen LogP contribution in [-0.2, 0) is 6.54 Å². The van der Waals surface area contributed by atoms with Gasteiger partial charge in [0, 0.05) is 32.2 Å². The molecule has 2 unspecified atom stereocenters. The van der Waals surface area contributed by atoms with Crippen molar-refractivity contribution in [2.24, 2.45) is 0 Å². The van der Waals surface area contributed by atoms with Crippen LogP contribution in [0.4, 0.5) is 0 Å². The van der Waals surface area contributed by atoms with Crippen LogP contribution in [0.15, 0.2) is 51.9 Å². The Bertz CT molecular complexity index is 1090. The molecule has 1 aliphatic heterocycles. The molecule has 0 radical (unpaired) electrons. The molecule has 3 heterocycles. The molecule has 0 aliphatic carbocycles. The normalized spacial score (nSPS) is 18.6. The third kappa shape index (κ3) is 3.54. The lowest BCUT2D eigenvalue weighted by molar-refractivity contribution is 0.0337. The number of fused-ring (bicyclic) bond motifs is 1. The zero-order valence-electron chi connectivity index (χ0n) is 17.7. The average Bonchev–Trinajstić information content (AvgIpc) is 3.29. The van der Waals surface area contributed by atoms with Gasteiger partial charge in [0.2, 0.25) is 0 Å². The minimum absolute atomic E-state index is 0.0104.